The number of anilines is 1. The van der Waals surface area contributed by atoms with E-state index >= 15 is 0 Å². The van der Waals surface area contributed by atoms with Crippen molar-refractivity contribution in [3.8, 4) is 0 Å². The molecule has 1 fully saturated rings. The molecule has 2 aromatic carbocycles. The molecular formula is C22H16ClNO2S3. The predicted octanol–water partition coefficient (Wildman–Crippen LogP) is 7.11. The number of rotatable bonds is 4. The van der Waals surface area contributed by atoms with Crippen molar-refractivity contribution in [2.75, 3.05) is 4.90 Å². The fourth-order valence-electron chi connectivity index (χ4n) is 2.95. The molecule has 1 aliphatic heterocycles. The number of carbonyl (C=O) groups is 1. The van der Waals surface area contributed by atoms with E-state index in [1.165, 1.54) is 23.5 Å². The Bertz CT molecular complexity index is 1140. The molecule has 1 aliphatic rings. The van der Waals surface area contributed by atoms with Gasteiger partial charge in [0.1, 0.15) is 5.76 Å². The molecule has 0 radical (unpaired) electrons. The molecule has 4 rings (SSSR count). The van der Waals surface area contributed by atoms with Crippen LogP contribution in [0.2, 0.25) is 5.02 Å². The van der Waals surface area contributed by atoms with Gasteiger partial charge in [-0.25, -0.2) is 0 Å². The largest absolute Gasteiger partial charge is 0.450 e. The van der Waals surface area contributed by atoms with Crippen LogP contribution in [-0.2, 0) is 4.79 Å². The molecular weight excluding hydrogens is 442 g/mol. The van der Waals surface area contributed by atoms with E-state index in [-0.39, 0.29) is 5.91 Å². The van der Waals surface area contributed by atoms with E-state index in [0.29, 0.717) is 20.0 Å². The van der Waals surface area contributed by atoms with Crippen LogP contribution in [0.25, 0.3) is 6.08 Å². The number of thiocarbonyl (C=S) groups is 1. The maximum atomic E-state index is 13.0. The van der Waals surface area contributed by atoms with E-state index in [1.807, 2.05) is 68.4 Å². The Labute approximate surface area is 188 Å². The summed E-state index contributed by atoms with van der Waals surface area (Å²) in [7, 11) is 0. The molecule has 0 aliphatic carbocycles. The van der Waals surface area contributed by atoms with Crippen LogP contribution < -0.4 is 4.90 Å². The molecule has 2 heterocycles. The summed E-state index contributed by atoms with van der Waals surface area (Å²) in [4.78, 5) is 16.1. The van der Waals surface area contributed by atoms with Crippen molar-refractivity contribution < 1.29 is 9.21 Å². The van der Waals surface area contributed by atoms with Crippen LogP contribution in [0, 0.1) is 13.8 Å². The minimum atomic E-state index is -0.129. The van der Waals surface area contributed by atoms with Gasteiger partial charge in [-0.05, 0) is 61.9 Å². The van der Waals surface area contributed by atoms with Gasteiger partial charge in [0.2, 0.25) is 0 Å². The topological polar surface area (TPSA) is 33.5 Å². The lowest BCUT2D eigenvalue weighted by Gasteiger charge is -2.17. The molecule has 146 valence electrons. The molecule has 0 bridgehead atoms. The van der Waals surface area contributed by atoms with E-state index in [0.717, 1.165) is 26.8 Å². The summed E-state index contributed by atoms with van der Waals surface area (Å²) < 4.78 is 6.39. The first-order valence-corrected chi connectivity index (χ1v) is 11.2. The highest BCUT2D eigenvalue weighted by molar-refractivity contribution is 8.27. The molecule has 7 heteroatoms. The first kappa shape index (κ1) is 20.3. The van der Waals surface area contributed by atoms with Crippen molar-refractivity contribution in [2.45, 2.75) is 23.8 Å². The Morgan fingerprint density at radius 2 is 1.86 bits per heavy atom. The third-order valence-corrected chi connectivity index (χ3v) is 6.78. The number of hydrogen-bond donors (Lipinski definition) is 0. The van der Waals surface area contributed by atoms with Crippen LogP contribution in [0.15, 0.2) is 73.9 Å². The summed E-state index contributed by atoms with van der Waals surface area (Å²) in [6.45, 7) is 4.01. The van der Waals surface area contributed by atoms with Crippen LogP contribution in [0.5, 0.6) is 0 Å². The SMILES string of the molecule is Cc1ccc(N2C(=O)/C(=C\c3ccc(Sc4ccc(Cl)cc4)o3)SC2=S)c(C)c1. The van der Waals surface area contributed by atoms with Gasteiger partial charge in [-0.15, -0.1) is 0 Å². The second-order valence-corrected chi connectivity index (χ2v) is 9.71. The third-order valence-electron chi connectivity index (χ3n) is 4.29. The molecule has 0 spiro atoms. The Morgan fingerprint density at radius 1 is 1.10 bits per heavy atom. The molecule has 29 heavy (non-hydrogen) atoms. The number of hydrogen-bond acceptors (Lipinski definition) is 5. The van der Waals surface area contributed by atoms with E-state index in [2.05, 4.69) is 0 Å². The van der Waals surface area contributed by atoms with Gasteiger partial charge >= 0.3 is 0 Å². The molecule has 3 nitrogen and oxygen atoms in total. The highest BCUT2D eigenvalue weighted by atomic mass is 35.5. The van der Waals surface area contributed by atoms with E-state index in [1.54, 1.807) is 11.0 Å². The third kappa shape index (κ3) is 4.46. The van der Waals surface area contributed by atoms with Gasteiger partial charge in [0, 0.05) is 16.0 Å². The molecule has 0 atom stereocenters. The number of nitrogens with zero attached hydrogens (tertiary/aromatic N) is 1. The fraction of sp³-hybridized carbons (Fsp3) is 0.0909. The number of thioether (sulfide) groups is 1. The van der Waals surface area contributed by atoms with E-state index < -0.39 is 0 Å². The second-order valence-electron chi connectivity index (χ2n) is 6.52. The highest BCUT2D eigenvalue weighted by Crippen LogP contribution is 2.38. The number of amides is 1. The molecule has 1 amide bonds. The first-order valence-electron chi connectivity index (χ1n) is 8.79. The zero-order chi connectivity index (χ0) is 20.5. The van der Waals surface area contributed by atoms with Crippen molar-refractivity contribution in [1.29, 1.82) is 0 Å². The Balaban J connectivity index is 1.54. The maximum absolute atomic E-state index is 13.0. The molecule has 1 saturated heterocycles. The molecule has 1 aromatic heterocycles. The maximum Gasteiger partial charge on any atom is 0.270 e. The summed E-state index contributed by atoms with van der Waals surface area (Å²) in [5.41, 5.74) is 2.98. The Kier molecular flexibility index (Phi) is 5.88. The van der Waals surface area contributed by atoms with Crippen LogP contribution in [0.3, 0.4) is 0 Å². The molecule has 0 unspecified atom stereocenters. The minimum absolute atomic E-state index is 0.129. The average Bonchev–Trinajstić information content (AvgIpc) is 3.22. The number of halogens is 1. The number of furan rings is 1. The van der Waals surface area contributed by atoms with Crippen LogP contribution in [0.1, 0.15) is 16.9 Å². The van der Waals surface area contributed by atoms with Gasteiger partial charge in [0.25, 0.3) is 5.91 Å². The van der Waals surface area contributed by atoms with Gasteiger partial charge in [-0.1, -0.05) is 65.0 Å². The van der Waals surface area contributed by atoms with Gasteiger partial charge in [0.15, 0.2) is 9.41 Å². The lowest BCUT2D eigenvalue weighted by Crippen LogP contribution is -2.28. The van der Waals surface area contributed by atoms with Crippen molar-refractivity contribution >= 4 is 69.3 Å². The summed E-state index contributed by atoms with van der Waals surface area (Å²) >= 11 is 14.2. The zero-order valence-electron chi connectivity index (χ0n) is 15.6. The zero-order valence-corrected chi connectivity index (χ0v) is 18.8. The molecule has 0 saturated carbocycles. The average molecular weight is 458 g/mol. The second kappa shape index (κ2) is 8.40. The summed E-state index contributed by atoms with van der Waals surface area (Å²) in [5, 5.41) is 1.43. The van der Waals surface area contributed by atoms with Gasteiger partial charge in [-0.3, -0.25) is 9.69 Å². The molecule has 0 N–H and O–H groups in total. The smallest absolute Gasteiger partial charge is 0.270 e. The quantitative estimate of drug-likeness (QED) is 0.308. The van der Waals surface area contributed by atoms with E-state index in [4.69, 9.17) is 28.2 Å². The van der Waals surface area contributed by atoms with Crippen LogP contribution >= 0.6 is 47.3 Å². The van der Waals surface area contributed by atoms with Gasteiger partial charge in [0.05, 0.1) is 10.6 Å². The van der Waals surface area contributed by atoms with Crippen LogP contribution in [0.4, 0.5) is 5.69 Å². The van der Waals surface area contributed by atoms with Crippen molar-refractivity contribution in [1.82, 2.24) is 0 Å². The highest BCUT2D eigenvalue weighted by Gasteiger charge is 2.34. The van der Waals surface area contributed by atoms with Crippen LogP contribution in [-0.4, -0.2) is 10.2 Å². The van der Waals surface area contributed by atoms with Crippen molar-refractivity contribution in [3.63, 3.8) is 0 Å². The summed E-state index contributed by atoms with van der Waals surface area (Å²) in [6.07, 6.45) is 1.74. The fourth-order valence-corrected chi connectivity index (χ4v) is 5.12. The first-order chi connectivity index (χ1) is 13.9. The number of carbonyl (C=O) groups excluding carboxylic acids is 1. The van der Waals surface area contributed by atoms with Gasteiger partial charge in [-0.2, -0.15) is 0 Å². The molecule has 3 aromatic rings. The van der Waals surface area contributed by atoms with Crippen molar-refractivity contribution in [2.24, 2.45) is 0 Å². The monoisotopic (exact) mass is 457 g/mol. The Hall–Kier alpha value is -1.99. The normalized spacial score (nSPS) is 15.6. The van der Waals surface area contributed by atoms with Crippen molar-refractivity contribution in [3.05, 3.63) is 81.4 Å². The summed E-state index contributed by atoms with van der Waals surface area (Å²) in [6, 6.07) is 17.2. The lowest BCUT2D eigenvalue weighted by molar-refractivity contribution is -0.113. The number of benzene rings is 2. The minimum Gasteiger partial charge on any atom is -0.450 e. The predicted molar refractivity (Wildman–Crippen MR) is 126 cm³/mol. The van der Waals surface area contributed by atoms with E-state index in [9.17, 15) is 4.79 Å². The Morgan fingerprint density at radius 3 is 2.59 bits per heavy atom. The lowest BCUT2D eigenvalue weighted by atomic mass is 10.1. The number of aryl methyl sites for hydroxylation is 2. The summed E-state index contributed by atoms with van der Waals surface area (Å²) in [5.74, 6) is 0.484. The van der Waals surface area contributed by atoms with Gasteiger partial charge < -0.3 is 4.42 Å². The standard InChI is InChI=1S/C22H16ClNO2S3/c1-13-3-9-18(14(2)11-13)24-21(25)19(29-22(24)27)12-16-6-10-20(26-16)28-17-7-4-15(23)5-8-17/h3-12H,1-2H3/b19-12+.